The summed E-state index contributed by atoms with van der Waals surface area (Å²) >= 11 is 0. The Morgan fingerprint density at radius 3 is 2.75 bits per heavy atom. The average molecular weight is 216 g/mol. The molecule has 0 saturated carbocycles. The number of fused-ring (bicyclic) bond motifs is 2. The SMILES string of the molecule is c1ccc(CNCC2CC3CCC2N3)cc1. The van der Waals surface area contributed by atoms with Crippen molar-refractivity contribution < 1.29 is 0 Å². The number of hydrogen-bond acceptors (Lipinski definition) is 2. The smallest absolute Gasteiger partial charge is 0.0205 e. The Bertz CT molecular complexity index is 336. The zero-order valence-electron chi connectivity index (χ0n) is 9.65. The van der Waals surface area contributed by atoms with Crippen LogP contribution in [0.2, 0.25) is 0 Å². The van der Waals surface area contributed by atoms with Crippen molar-refractivity contribution in [1.82, 2.24) is 10.6 Å². The minimum atomic E-state index is 0.799. The second-order valence-corrected chi connectivity index (χ2v) is 5.16. The predicted molar refractivity (Wildman–Crippen MR) is 66.2 cm³/mol. The third kappa shape index (κ3) is 2.13. The van der Waals surface area contributed by atoms with E-state index in [9.17, 15) is 0 Å². The Kier molecular flexibility index (Phi) is 2.94. The molecule has 0 amide bonds. The van der Waals surface area contributed by atoms with Gasteiger partial charge in [0.15, 0.2) is 0 Å². The molecule has 2 aliphatic heterocycles. The molecule has 2 nitrogen and oxygen atoms in total. The van der Waals surface area contributed by atoms with E-state index in [0.717, 1.165) is 24.5 Å². The van der Waals surface area contributed by atoms with Gasteiger partial charge in [-0.25, -0.2) is 0 Å². The first-order chi connectivity index (χ1) is 7.92. The van der Waals surface area contributed by atoms with Gasteiger partial charge in [0.05, 0.1) is 0 Å². The van der Waals surface area contributed by atoms with E-state index in [-0.39, 0.29) is 0 Å². The van der Waals surface area contributed by atoms with Gasteiger partial charge in [-0.1, -0.05) is 30.3 Å². The first kappa shape index (κ1) is 10.3. The van der Waals surface area contributed by atoms with Crippen molar-refractivity contribution in [1.29, 1.82) is 0 Å². The molecule has 16 heavy (non-hydrogen) atoms. The average Bonchev–Trinajstić information content (AvgIpc) is 2.92. The molecule has 2 aliphatic rings. The quantitative estimate of drug-likeness (QED) is 0.803. The van der Waals surface area contributed by atoms with E-state index in [0.29, 0.717) is 0 Å². The Hall–Kier alpha value is -0.860. The minimum Gasteiger partial charge on any atom is -0.312 e. The minimum absolute atomic E-state index is 0.799. The molecule has 0 aliphatic carbocycles. The van der Waals surface area contributed by atoms with Gasteiger partial charge in [-0.05, 0) is 37.3 Å². The number of rotatable bonds is 4. The molecule has 1 aromatic rings. The molecule has 2 N–H and O–H groups in total. The van der Waals surface area contributed by atoms with Gasteiger partial charge < -0.3 is 10.6 Å². The predicted octanol–water partition coefficient (Wildman–Crippen LogP) is 1.92. The van der Waals surface area contributed by atoms with Crippen molar-refractivity contribution in [3.63, 3.8) is 0 Å². The van der Waals surface area contributed by atoms with Gasteiger partial charge in [0, 0.05) is 18.6 Å². The Labute approximate surface area is 97.4 Å². The van der Waals surface area contributed by atoms with Crippen LogP contribution in [0.1, 0.15) is 24.8 Å². The molecule has 2 bridgehead atoms. The highest BCUT2D eigenvalue weighted by atomic mass is 15.0. The van der Waals surface area contributed by atoms with Crippen LogP contribution < -0.4 is 10.6 Å². The highest BCUT2D eigenvalue weighted by Gasteiger charge is 2.38. The third-order valence-electron chi connectivity index (χ3n) is 4.01. The van der Waals surface area contributed by atoms with E-state index in [1.807, 2.05) is 0 Å². The second kappa shape index (κ2) is 4.56. The fourth-order valence-corrected chi connectivity index (χ4v) is 3.16. The zero-order chi connectivity index (χ0) is 10.8. The van der Waals surface area contributed by atoms with Crippen molar-refractivity contribution in [2.75, 3.05) is 6.54 Å². The molecule has 0 aromatic heterocycles. The van der Waals surface area contributed by atoms with E-state index in [1.165, 1.54) is 31.4 Å². The molecule has 3 atom stereocenters. The lowest BCUT2D eigenvalue weighted by atomic mass is 9.89. The van der Waals surface area contributed by atoms with E-state index in [4.69, 9.17) is 0 Å². The fourth-order valence-electron chi connectivity index (χ4n) is 3.16. The van der Waals surface area contributed by atoms with E-state index < -0.39 is 0 Å². The summed E-state index contributed by atoms with van der Waals surface area (Å²) in [4.78, 5) is 0. The van der Waals surface area contributed by atoms with Crippen LogP contribution in [0.15, 0.2) is 30.3 Å². The van der Waals surface area contributed by atoms with Crippen molar-refractivity contribution in [3.8, 4) is 0 Å². The van der Waals surface area contributed by atoms with Crippen molar-refractivity contribution >= 4 is 0 Å². The van der Waals surface area contributed by atoms with Gasteiger partial charge in [0.1, 0.15) is 0 Å². The molecule has 0 radical (unpaired) electrons. The van der Waals surface area contributed by atoms with Crippen LogP contribution >= 0.6 is 0 Å². The molecule has 2 saturated heterocycles. The third-order valence-corrected chi connectivity index (χ3v) is 4.01. The van der Waals surface area contributed by atoms with Crippen molar-refractivity contribution in [2.45, 2.75) is 37.9 Å². The summed E-state index contributed by atoms with van der Waals surface area (Å²) in [7, 11) is 0. The standard InChI is InChI=1S/C14H20N2/c1-2-4-11(5-3-1)9-15-10-12-8-13-6-7-14(12)16-13/h1-5,12-16H,6-10H2. The molecule has 0 spiro atoms. The van der Waals surface area contributed by atoms with E-state index >= 15 is 0 Å². The van der Waals surface area contributed by atoms with Crippen LogP contribution in [0.25, 0.3) is 0 Å². The normalized spacial score (nSPS) is 32.1. The maximum absolute atomic E-state index is 3.69. The van der Waals surface area contributed by atoms with Crippen LogP contribution in [0, 0.1) is 5.92 Å². The van der Waals surface area contributed by atoms with Crippen LogP contribution in [-0.4, -0.2) is 18.6 Å². The summed E-state index contributed by atoms with van der Waals surface area (Å²) in [5.74, 6) is 0.863. The summed E-state index contributed by atoms with van der Waals surface area (Å²) in [5.41, 5.74) is 1.39. The Morgan fingerprint density at radius 1 is 1.19 bits per heavy atom. The first-order valence-corrected chi connectivity index (χ1v) is 6.42. The van der Waals surface area contributed by atoms with Crippen LogP contribution in [0.3, 0.4) is 0 Å². The maximum Gasteiger partial charge on any atom is 0.0205 e. The highest BCUT2D eigenvalue weighted by molar-refractivity contribution is 5.14. The zero-order valence-corrected chi connectivity index (χ0v) is 9.65. The molecule has 2 heteroatoms. The number of hydrogen-bond donors (Lipinski definition) is 2. The van der Waals surface area contributed by atoms with Gasteiger partial charge in [0.25, 0.3) is 0 Å². The topological polar surface area (TPSA) is 24.1 Å². The number of benzene rings is 1. The van der Waals surface area contributed by atoms with Gasteiger partial charge in [-0.15, -0.1) is 0 Å². The largest absolute Gasteiger partial charge is 0.312 e. The molecule has 2 heterocycles. The lowest BCUT2D eigenvalue weighted by Gasteiger charge is -2.20. The van der Waals surface area contributed by atoms with Gasteiger partial charge in [0.2, 0.25) is 0 Å². The Morgan fingerprint density at radius 2 is 2.06 bits per heavy atom. The van der Waals surface area contributed by atoms with Crippen LogP contribution in [0.5, 0.6) is 0 Å². The molecule has 2 fully saturated rings. The first-order valence-electron chi connectivity index (χ1n) is 6.42. The van der Waals surface area contributed by atoms with Gasteiger partial charge in [-0.3, -0.25) is 0 Å². The molecule has 1 aromatic carbocycles. The maximum atomic E-state index is 3.69. The van der Waals surface area contributed by atoms with Crippen molar-refractivity contribution in [2.24, 2.45) is 5.92 Å². The van der Waals surface area contributed by atoms with Gasteiger partial charge in [-0.2, -0.15) is 0 Å². The summed E-state index contributed by atoms with van der Waals surface area (Å²) in [6.07, 6.45) is 4.18. The molecule has 3 unspecified atom stereocenters. The van der Waals surface area contributed by atoms with Crippen LogP contribution in [0.4, 0.5) is 0 Å². The lowest BCUT2D eigenvalue weighted by Crippen LogP contribution is -2.31. The lowest BCUT2D eigenvalue weighted by molar-refractivity contribution is 0.383. The second-order valence-electron chi connectivity index (χ2n) is 5.16. The summed E-state index contributed by atoms with van der Waals surface area (Å²) in [6.45, 7) is 2.18. The number of nitrogens with one attached hydrogen (secondary N) is 2. The molecule has 3 rings (SSSR count). The van der Waals surface area contributed by atoms with E-state index in [2.05, 4.69) is 41.0 Å². The highest BCUT2D eigenvalue weighted by Crippen LogP contribution is 2.32. The molecular weight excluding hydrogens is 196 g/mol. The Balaban J connectivity index is 1.44. The molecule has 86 valence electrons. The fraction of sp³-hybridized carbons (Fsp3) is 0.571. The molecular formula is C14H20N2. The van der Waals surface area contributed by atoms with Gasteiger partial charge >= 0.3 is 0 Å². The van der Waals surface area contributed by atoms with E-state index in [1.54, 1.807) is 0 Å². The summed E-state index contributed by atoms with van der Waals surface area (Å²) < 4.78 is 0. The summed E-state index contributed by atoms with van der Waals surface area (Å²) in [6, 6.07) is 12.3. The monoisotopic (exact) mass is 216 g/mol. The van der Waals surface area contributed by atoms with Crippen molar-refractivity contribution in [3.05, 3.63) is 35.9 Å². The van der Waals surface area contributed by atoms with Crippen LogP contribution in [-0.2, 0) is 6.54 Å². The summed E-state index contributed by atoms with van der Waals surface area (Å²) in [5, 5.41) is 7.28.